The first-order valence-electron chi connectivity index (χ1n) is 10.6. The number of urea groups is 1. The number of amides is 3. The van der Waals surface area contributed by atoms with Crippen molar-refractivity contribution >= 4 is 17.6 Å². The molecule has 2 aliphatic heterocycles. The highest BCUT2D eigenvalue weighted by atomic mass is 19.4. The van der Waals surface area contributed by atoms with E-state index in [1.165, 1.54) is 11.0 Å². The molecule has 4 rings (SSSR count). The summed E-state index contributed by atoms with van der Waals surface area (Å²) in [4.78, 5) is 26.9. The maximum Gasteiger partial charge on any atom is 0.416 e. The van der Waals surface area contributed by atoms with Crippen molar-refractivity contribution in [2.24, 2.45) is 0 Å². The maximum absolute atomic E-state index is 13.5. The zero-order valence-electron chi connectivity index (χ0n) is 18.5. The van der Waals surface area contributed by atoms with Crippen molar-refractivity contribution in [3.05, 3.63) is 70.3 Å². The summed E-state index contributed by atoms with van der Waals surface area (Å²) in [5.74, 6) is -0.0642. The van der Waals surface area contributed by atoms with Gasteiger partial charge in [0.15, 0.2) is 0 Å². The summed E-state index contributed by atoms with van der Waals surface area (Å²) in [5.41, 5.74) is 0.437. The van der Waals surface area contributed by atoms with Crippen molar-refractivity contribution in [3.63, 3.8) is 0 Å². The van der Waals surface area contributed by atoms with E-state index < -0.39 is 23.4 Å². The SMILES string of the molecule is CCNC(=O)NCC1=C(N2Cc3ccccc3C2=O)c2cc(C(F)(F)F)ccc2OC1(C)C. The summed E-state index contributed by atoms with van der Waals surface area (Å²) in [6.07, 6.45) is -4.56. The molecule has 2 heterocycles. The van der Waals surface area contributed by atoms with Gasteiger partial charge in [0.25, 0.3) is 5.91 Å². The van der Waals surface area contributed by atoms with Gasteiger partial charge in [0.05, 0.1) is 17.8 Å². The van der Waals surface area contributed by atoms with Crippen LogP contribution in [0.2, 0.25) is 0 Å². The van der Waals surface area contributed by atoms with E-state index in [1.807, 2.05) is 12.1 Å². The molecule has 3 amide bonds. The first-order chi connectivity index (χ1) is 15.5. The summed E-state index contributed by atoms with van der Waals surface area (Å²) < 4.78 is 46.7. The molecule has 0 radical (unpaired) electrons. The van der Waals surface area contributed by atoms with Gasteiger partial charge in [0.2, 0.25) is 0 Å². The summed E-state index contributed by atoms with van der Waals surface area (Å²) in [6.45, 7) is 5.90. The van der Waals surface area contributed by atoms with Gasteiger partial charge in [-0.05, 0) is 50.6 Å². The molecule has 0 saturated heterocycles. The van der Waals surface area contributed by atoms with Gasteiger partial charge in [-0.1, -0.05) is 18.2 Å². The van der Waals surface area contributed by atoms with E-state index in [0.29, 0.717) is 23.4 Å². The lowest BCUT2D eigenvalue weighted by Gasteiger charge is -2.39. The quantitative estimate of drug-likeness (QED) is 0.704. The molecule has 2 aromatic carbocycles. The molecule has 0 bridgehead atoms. The highest BCUT2D eigenvalue weighted by molar-refractivity contribution is 6.04. The Morgan fingerprint density at radius 2 is 1.85 bits per heavy atom. The smallest absolute Gasteiger partial charge is 0.416 e. The Morgan fingerprint density at radius 1 is 1.12 bits per heavy atom. The van der Waals surface area contributed by atoms with Gasteiger partial charge in [0.1, 0.15) is 11.4 Å². The topological polar surface area (TPSA) is 70.7 Å². The van der Waals surface area contributed by atoms with Crippen molar-refractivity contribution in [2.75, 3.05) is 13.1 Å². The maximum atomic E-state index is 13.5. The van der Waals surface area contributed by atoms with Crippen LogP contribution in [0.5, 0.6) is 5.75 Å². The third kappa shape index (κ3) is 4.15. The molecule has 6 nitrogen and oxygen atoms in total. The summed E-state index contributed by atoms with van der Waals surface area (Å²) in [6, 6.07) is 9.89. The van der Waals surface area contributed by atoms with Gasteiger partial charge < -0.3 is 20.3 Å². The molecule has 0 unspecified atom stereocenters. The number of benzene rings is 2. The zero-order chi connectivity index (χ0) is 24.0. The number of hydrogen-bond donors (Lipinski definition) is 2. The van der Waals surface area contributed by atoms with Crippen LogP contribution in [0.3, 0.4) is 0 Å². The minimum absolute atomic E-state index is 0.00994. The van der Waals surface area contributed by atoms with Crippen LogP contribution < -0.4 is 15.4 Å². The minimum atomic E-state index is -4.56. The number of fused-ring (bicyclic) bond motifs is 2. The molecule has 33 heavy (non-hydrogen) atoms. The van der Waals surface area contributed by atoms with Gasteiger partial charge >= 0.3 is 12.2 Å². The van der Waals surface area contributed by atoms with Gasteiger partial charge in [-0.25, -0.2) is 4.79 Å². The molecular weight excluding hydrogens is 435 g/mol. The second-order valence-electron chi connectivity index (χ2n) is 8.41. The average Bonchev–Trinajstić information content (AvgIpc) is 3.07. The van der Waals surface area contributed by atoms with E-state index >= 15 is 0 Å². The number of hydrogen-bond acceptors (Lipinski definition) is 3. The molecule has 0 spiro atoms. The van der Waals surface area contributed by atoms with Crippen LogP contribution in [0.15, 0.2) is 48.0 Å². The standard InChI is InChI=1S/C24H24F3N3O3/c1-4-28-22(32)29-12-18-20(30-13-14-7-5-6-8-16(14)21(30)31)17-11-15(24(25,26)27)9-10-19(17)33-23(18,2)3/h5-11H,4,12-13H2,1-3H3,(H2,28,29,32). The van der Waals surface area contributed by atoms with Crippen molar-refractivity contribution in [1.82, 2.24) is 15.5 Å². The number of rotatable bonds is 4. The van der Waals surface area contributed by atoms with E-state index in [0.717, 1.165) is 17.7 Å². The van der Waals surface area contributed by atoms with Crippen LogP contribution in [-0.2, 0) is 12.7 Å². The number of carbonyl (C=O) groups excluding carboxylic acids is 2. The molecule has 2 N–H and O–H groups in total. The second kappa shape index (κ2) is 8.13. The molecule has 2 aliphatic rings. The second-order valence-corrected chi connectivity index (χ2v) is 8.41. The van der Waals surface area contributed by atoms with Crippen LogP contribution in [0.25, 0.3) is 5.70 Å². The number of halogens is 3. The normalized spacial score (nSPS) is 16.8. The van der Waals surface area contributed by atoms with E-state index in [2.05, 4.69) is 10.6 Å². The summed E-state index contributed by atoms with van der Waals surface area (Å²) >= 11 is 0. The summed E-state index contributed by atoms with van der Waals surface area (Å²) in [5, 5.41) is 5.35. The van der Waals surface area contributed by atoms with Gasteiger partial charge in [-0.15, -0.1) is 0 Å². The average molecular weight is 459 g/mol. The fourth-order valence-corrected chi connectivity index (χ4v) is 4.20. The highest BCUT2D eigenvalue weighted by Crippen LogP contribution is 2.46. The van der Waals surface area contributed by atoms with Crippen LogP contribution in [0, 0.1) is 0 Å². The number of nitrogens with zero attached hydrogens (tertiary/aromatic N) is 1. The third-order valence-electron chi connectivity index (χ3n) is 5.79. The summed E-state index contributed by atoms with van der Waals surface area (Å²) in [7, 11) is 0. The molecule has 0 saturated carbocycles. The lowest BCUT2D eigenvalue weighted by atomic mass is 9.88. The van der Waals surface area contributed by atoms with Crippen LogP contribution in [0.4, 0.5) is 18.0 Å². The van der Waals surface area contributed by atoms with E-state index in [1.54, 1.807) is 32.9 Å². The van der Waals surface area contributed by atoms with Gasteiger partial charge in [0, 0.05) is 29.8 Å². The Bertz CT molecular complexity index is 1160. The monoisotopic (exact) mass is 459 g/mol. The lowest BCUT2D eigenvalue weighted by Crippen LogP contribution is -2.45. The third-order valence-corrected chi connectivity index (χ3v) is 5.79. The van der Waals surface area contributed by atoms with Crippen molar-refractivity contribution in [1.29, 1.82) is 0 Å². The Hall–Kier alpha value is -3.49. The Morgan fingerprint density at radius 3 is 2.52 bits per heavy atom. The molecule has 0 aromatic heterocycles. The highest BCUT2D eigenvalue weighted by Gasteiger charge is 2.42. The number of nitrogens with one attached hydrogen (secondary N) is 2. The molecule has 174 valence electrons. The van der Waals surface area contributed by atoms with E-state index in [-0.39, 0.29) is 30.3 Å². The molecule has 9 heteroatoms. The molecule has 2 aromatic rings. The fourth-order valence-electron chi connectivity index (χ4n) is 4.20. The van der Waals surface area contributed by atoms with Crippen molar-refractivity contribution in [3.8, 4) is 5.75 Å². The first kappa shape index (κ1) is 22.7. The predicted octanol–water partition coefficient (Wildman–Crippen LogP) is 4.56. The molecule has 0 fully saturated rings. The van der Waals surface area contributed by atoms with Crippen molar-refractivity contribution < 1.29 is 27.5 Å². The van der Waals surface area contributed by atoms with E-state index in [4.69, 9.17) is 4.74 Å². The first-order valence-corrected chi connectivity index (χ1v) is 10.6. The Labute approximate surface area is 189 Å². The van der Waals surface area contributed by atoms with Crippen LogP contribution >= 0.6 is 0 Å². The van der Waals surface area contributed by atoms with E-state index in [9.17, 15) is 22.8 Å². The number of alkyl halides is 3. The predicted molar refractivity (Wildman–Crippen MR) is 116 cm³/mol. The molecule has 0 aliphatic carbocycles. The van der Waals surface area contributed by atoms with Crippen LogP contribution in [0.1, 0.15) is 47.8 Å². The zero-order valence-corrected chi connectivity index (χ0v) is 18.5. The fraction of sp³-hybridized carbons (Fsp3) is 0.333. The van der Waals surface area contributed by atoms with Crippen molar-refractivity contribution in [2.45, 2.75) is 39.1 Å². The molecule has 0 atom stereocenters. The van der Waals surface area contributed by atoms with Gasteiger partial charge in [-0.2, -0.15) is 13.2 Å². The Kier molecular flexibility index (Phi) is 5.59. The number of carbonyl (C=O) groups is 2. The Balaban J connectivity index is 1.89. The van der Waals surface area contributed by atoms with Crippen LogP contribution in [-0.4, -0.2) is 35.5 Å². The largest absolute Gasteiger partial charge is 0.483 e. The minimum Gasteiger partial charge on any atom is -0.483 e. The lowest BCUT2D eigenvalue weighted by molar-refractivity contribution is -0.137. The molecular formula is C24H24F3N3O3. The van der Waals surface area contributed by atoms with Gasteiger partial charge in [-0.3, -0.25) is 4.79 Å². The number of ether oxygens (including phenoxy) is 1.